The molecule has 0 atom stereocenters. The van der Waals surface area contributed by atoms with Gasteiger partial charge in [0.15, 0.2) is 0 Å². The summed E-state index contributed by atoms with van der Waals surface area (Å²) < 4.78 is 33.4. The van der Waals surface area contributed by atoms with E-state index >= 15 is 0 Å². The van der Waals surface area contributed by atoms with Gasteiger partial charge in [0.25, 0.3) is 0 Å². The molecule has 2 heterocycles. The van der Waals surface area contributed by atoms with Gasteiger partial charge in [-0.15, -0.1) is 11.3 Å². The normalized spacial score (nSPS) is 12.4. The molecule has 0 N–H and O–H groups in total. The van der Waals surface area contributed by atoms with Crippen LogP contribution in [0, 0.1) is 5.82 Å². The lowest BCUT2D eigenvalue weighted by atomic mass is 9.97. The molecule has 0 saturated heterocycles. The maximum atomic E-state index is 13.5. The van der Waals surface area contributed by atoms with Gasteiger partial charge in [0.2, 0.25) is 0 Å². The third-order valence-corrected chi connectivity index (χ3v) is 8.19. The van der Waals surface area contributed by atoms with Gasteiger partial charge in [-0.25, -0.2) is 4.39 Å². The molecule has 0 aliphatic rings. The largest absolute Gasteiger partial charge is 0.256 e. The fourth-order valence-electron chi connectivity index (χ4n) is 5.04. The monoisotopic (exact) mass is 523 g/mol. The molecule has 7 aromatic rings. The fourth-order valence-corrected chi connectivity index (χ4v) is 6.25. The van der Waals surface area contributed by atoms with Gasteiger partial charge in [-0.1, -0.05) is 84.9 Å². The Balaban J connectivity index is 1.30. The van der Waals surface area contributed by atoms with Crippen molar-refractivity contribution in [3.63, 3.8) is 0 Å². The molecule has 5 aromatic carbocycles. The maximum absolute atomic E-state index is 13.5. The van der Waals surface area contributed by atoms with Crippen molar-refractivity contribution >= 4 is 31.5 Å². The Morgan fingerprint density at radius 1 is 0.615 bits per heavy atom. The maximum Gasteiger partial charge on any atom is 0.123 e. The number of nitrogens with zero attached hydrogens (tertiary/aromatic N) is 1. The van der Waals surface area contributed by atoms with E-state index in [0.717, 1.165) is 43.6 Å². The minimum atomic E-state index is -1.63. The minimum absolute atomic E-state index is 0.240. The Morgan fingerprint density at radius 3 is 2.21 bits per heavy atom. The lowest BCUT2D eigenvalue weighted by molar-refractivity contribution is 0.628. The summed E-state index contributed by atoms with van der Waals surface area (Å²) in [6.07, 6.45) is 0.0637. The molecule has 0 fully saturated rings. The average Bonchev–Trinajstić information content (AvgIpc) is 3.40. The zero-order valence-electron chi connectivity index (χ0n) is 22.9. The van der Waals surface area contributed by atoms with E-state index in [1.807, 2.05) is 54.6 Å². The number of fused-ring (bicyclic) bond motifs is 3. The van der Waals surface area contributed by atoms with Crippen LogP contribution in [0.15, 0.2) is 134 Å². The van der Waals surface area contributed by atoms with Crippen LogP contribution in [0.3, 0.4) is 0 Å². The summed E-state index contributed by atoms with van der Waals surface area (Å²) in [5.41, 5.74) is 7.18. The third kappa shape index (κ3) is 4.62. The van der Waals surface area contributed by atoms with Crippen molar-refractivity contribution in [2.45, 2.75) is 6.37 Å². The van der Waals surface area contributed by atoms with E-state index in [-0.39, 0.29) is 5.82 Å². The number of hydrogen-bond acceptors (Lipinski definition) is 2. The number of aromatic nitrogens is 1. The summed E-state index contributed by atoms with van der Waals surface area (Å²) in [4.78, 5) is 4.66. The summed E-state index contributed by atoms with van der Waals surface area (Å²) in [7, 11) is 0. The molecule has 0 aliphatic carbocycles. The molecule has 3 heteroatoms. The molecule has 0 radical (unpaired) electrons. The summed E-state index contributed by atoms with van der Waals surface area (Å²) >= 11 is 1.73. The quantitative estimate of drug-likeness (QED) is 0.219. The van der Waals surface area contributed by atoms with E-state index in [0.29, 0.717) is 11.1 Å². The predicted molar refractivity (Wildman–Crippen MR) is 163 cm³/mol. The molecule has 0 saturated carbocycles. The Labute approximate surface area is 233 Å². The smallest absolute Gasteiger partial charge is 0.123 e. The molecule has 7 rings (SSSR count). The summed E-state index contributed by atoms with van der Waals surface area (Å²) in [6.45, 7) is 0. The molecule has 186 valence electrons. The molecule has 0 aliphatic heterocycles. The molecule has 0 spiro atoms. The molecule has 0 unspecified atom stereocenters. The first-order valence-corrected chi connectivity index (χ1v) is 13.6. The van der Waals surface area contributed by atoms with Gasteiger partial charge in [-0.3, -0.25) is 4.98 Å². The van der Waals surface area contributed by atoms with Gasteiger partial charge < -0.3 is 0 Å². The molecule has 2 aromatic heterocycles. The second-order valence-corrected chi connectivity index (χ2v) is 10.6. The van der Waals surface area contributed by atoms with Gasteiger partial charge in [0, 0.05) is 34.7 Å². The van der Waals surface area contributed by atoms with Gasteiger partial charge in [0.05, 0.1) is 5.69 Å². The van der Waals surface area contributed by atoms with Crippen molar-refractivity contribution in [2.75, 3.05) is 0 Å². The number of pyridine rings is 1. The van der Waals surface area contributed by atoms with Crippen LogP contribution in [-0.4, -0.2) is 4.98 Å². The topological polar surface area (TPSA) is 12.9 Å². The van der Waals surface area contributed by atoms with E-state index in [4.69, 9.17) is 2.74 Å². The molecule has 0 bridgehead atoms. The van der Waals surface area contributed by atoms with Crippen LogP contribution in [0.25, 0.3) is 53.7 Å². The lowest BCUT2D eigenvalue weighted by Crippen LogP contribution is -1.91. The number of hydrogen-bond donors (Lipinski definition) is 0. The number of thiophene rings is 1. The van der Waals surface area contributed by atoms with Gasteiger partial charge >= 0.3 is 0 Å². The van der Waals surface area contributed by atoms with Gasteiger partial charge in [-0.05, 0) is 82.2 Å². The summed E-state index contributed by atoms with van der Waals surface area (Å²) in [6, 6.07) is 40.6. The SMILES string of the molecule is [2H]C([2H])(c1ccccc1)c1ccnc(-c2cccc3c2sc2ccc(-c4cccc(-c5ccc(F)cc5)c4)cc23)c1. The van der Waals surface area contributed by atoms with Crippen LogP contribution in [0.5, 0.6) is 0 Å². The van der Waals surface area contributed by atoms with Crippen LogP contribution in [0.2, 0.25) is 0 Å². The fraction of sp³-hybridized carbons (Fsp3) is 0.0278. The van der Waals surface area contributed by atoms with Crippen molar-refractivity contribution in [1.82, 2.24) is 4.98 Å². The third-order valence-electron chi connectivity index (χ3n) is 6.97. The van der Waals surface area contributed by atoms with Crippen molar-refractivity contribution in [3.8, 4) is 33.5 Å². The first-order chi connectivity index (χ1) is 20.0. The Bertz CT molecular complexity index is 2030. The highest BCUT2D eigenvalue weighted by Gasteiger charge is 2.13. The van der Waals surface area contributed by atoms with Crippen molar-refractivity contribution < 1.29 is 7.13 Å². The number of halogens is 1. The number of benzene rings is 5. The first kappa shape index (κ1) is 21.3. The van der Waals surface area contributed by atoms with Crippen LogP contribution >= 0.6 is 11.3 Å². The Morgan fingerprint density at radius 2 is 1.36 bits per heavy atom. The second kappa shape index (κ2) is 9.94. The standard InChI is InChI=1S/C36H24FNS/c37-30-15-12-26(13-16-30)27-8-4-9-28(22-27)29-14-17-35-33(23-29)31-10-5-11-32(36(31)39-35)34-21-25(18-19-38-34)20-24-6-2-1-3-7-24/h1-19,21-23H,20H2/i20D2. The number of rotatable bonds is 5. The van der Waals surface area contributed by atoms with Crippen LogP contribution in [0.4, 0.5) is 4.39 Å². The predicted octanol–water partition coefficient (Wildman–Crippen LogP) is 10.2. The molecule has 0 amide bonds. The van der Waals surface area contributed by atoms with Crippen LogP contribution < -0.4 is 0 Å². The van der Waals surface area contributed by atoms with Crippen molar-refractivity contribution in [3.05, 3.63) is 151 Å². The van der Waals surface area contributed by atoms with E-state index in [1.54, 1.807) is 35.7 Å². The van der Waals surface area contributed by atoms with E-state index in [2.05, 4.69) is 47.4 Å². The minimum Gasteiger partial charge on any atom is -0.256 e. The Kier molecular flexibility index (Phi) is 5.44. The van der Waals surface area contributed by atoms with Gasteiger partial charge in [-0.2, -0.15) is 0 Å². The zero-order chi connectivity index (χ0) is 28.0. The van der Waals surface area contributed by atoms with E-state index < -0.39 is 6.37 Å². The highest BCUT2D eigenvalue weighted by Crippen LogP contribution is 2.41. The molecule has 1 nitrogen and oxygen atoms in total. The molecular formula is C36H24FNS. The van der Waals surface area contributed by atoms with Gasteiger partial charge in [0.1, 0.15) is 5.82 Å². The zero-order valence-corrected chi connectivity index (χ0v) is 21.8. The summed E-state index contributed by atoms with van der Waals surface area (Å²) in [5.74, 6) is -0.240. The highest BCUT2D eigenvalue weighted by atomic mass is 32.1. The van der Waals surface area contributed by atoms with E-state index in [1.165, 1.54) is 22.2 Å². The summed E-state index contributed by atoms with van der Waals surface area (Å²) in [5, 5.41) is 2.32. The lowest BCUT2D eigenvalue weighted by Gasteiger charge is -2.07. The Hall–Kier alpha value is -4.60. The van der Waals surface area contributed by atoms with E-state index in [9.17, 15) is 4.39 Å². The van der Waals surface area contributed by atoms with Crippen molar-refractivity contribution in [1.29, 1.82) is 0 Å². The highest BCUT2D eigenvalue weighted by molar-refractivity contribution is 7.26. The second-order valence-electron chi connectivity index (χ2n) is 9.50. The van der Waals surface area contributed by atoms with Crippen LogP contribution in [-0.2, 0) is 6.37 Å². The average molecular weight is 524 g/mol. The molecule has 39 heavy (non-hydrogen) atoms. The van der Waals surface area contributed by atoms with Crippen molar-refractivity contribution in [2.24, 2.45) is 0 Å². The molecular weight excluding hydrogens is 497 g/mol. The van der Waals surface area contributed by atoms with Crippen LogP contribution in [0.1, 0.15) is 13.9 Å². The first-order valence-electron chi connectivity index (χ1n) is 13.8.